The van der Waals surface area contributed by atoms with Crippen LogP contribution in [0.3, 0.4) is 0 Å². The highest BCUT2D eigenvalue weighted by atomic mass is 35.5. The normalized spacial score (nSPS) is 10.3. The molecule has 0 bridgehead atoms. The van der Waals surface area contributed by atoms with Crippen molar-refractivity contribution in [3.8, 4) is 11.5 Å². The predicted octanol–water partition coefficient (Wildman–Crippen LogP) is 4.74. The van der Waals surface area contributed by atoms with Crippen LogP contribution in [0.2, 0.25) is 10.0 Å². The summed E-state index contributed by atoms with van der Waals surface area (Å²) in [7, 11) is 3.10. The number of benzene rings is 2. The van der Waals surface area contributed by atoms with E-state index in [1.54, 1.807) is 43.5 Å². The van der Waals surface area contributed by atoms with Crippen molar-refractivity contribution in [3.05, 3.63) is 46.4 Å². The van der Waals surface area contributed by atoms with Gasteiger partial charge in [0.2, 0.25) is 5.91 Å². The topological polar surface area (TPSA) is 47.6 Å². The lowest BCUT2D eigenvalue weighted by Gasteiger charge is -2.12. The van der Waals surface area contributed by atoms with Gasteiger partial charge in [-0.05, 0) is 30.3 Å². The third-order valence-electron chi connectivity index (χ3n) is 2.93. The van der Waals surface area contributed by atoms with Crippen LogP contribution < -0.4 is 14.8 Å². The summed E-state index contributed by atoms with van der Waals surface area (Å²) >= 11 is 13.3. The second-order valence-electron chi connectivity index (χ2n) is 4.48. The molecular formula is C16H15Cl2NO3S. The van der Waals surface area contributed by atoms with Crippen LogP contribution in [0.15, 0.2) is 41.3 Å². The lowest BCUT2D eigenvalue weighted by molar-refractivity contribution is -0.113. The van der Waals surface area contributed by atoms with Gasteiger partial charge >= 0.3 is 0 Å². The molecule has 0 fully saturated rings. The maximum atomic E-state index is 12.1. The predicted molar refractivity (Wildman–Crippen MR) is 95.4 cm³/mol. The summed E-state index contributed by atoms with van der Waals surface area (Å²) in [6.45, 7) is 0. The second kappa shape index (κ2) is 8.34. The number of hydrogen-bond donors (Lipinski definition) is 1. The Morgan fingerprint density at radius 2 is 1.91 bits per heavy atom. The van der Waals surface area contributed by atoms with Crippen molar-refractivity contribution in [1.82, 2.24) is 0 Å². The van der Waals surface area contributed by atoms with Crippen molar-refractivity contribution in [2.75, 3.05) is 25.3 Å². The maximum absolute atomic E-state index is 12.1. The van der Waals surface area contributed by atoms with E-state index in [2.05, 4.69) is 5.32 Å². The average Bonchev–Trinajstić information content (AvgIpc) is 2.55. The van der Waals surface area contributed by atoms with Gasteiger partial charge in [0.05, 0.1) is 30.7 Å². The Hall–Kier alpha value is -1.56. The molecule has 4 nitrogen and oxygen atoms in total. The molecule has 0 heterocycles. The van der Waals surface area contributed by atoms with Gasteiger partial charge in [0.15, 0.2) is 0 Å². The van der Waals surface area contributed by atoms with Crippen LogP contribution in [0.4, 0.5) is 5.69 Å². The first-order valence-corrected chi connectivity index (χ1v) is 8.37. The first-order valence-electron chi connectivity index (χ1n) is 6.63. The summed E-state index contributed by atoms with van der Waals surface area (Å²) in [5.41, 5.74) is 0.551. The molecule has 1 amide bonds. The molecule has 0 unspecified atom stereocenters. The first-order chi connectivity index (χ1) is 11.0. The molecule has 0 aromatic heterocycles. The summed E-state index contributed by atoms with van der Waals surface area (Å²) in [6.07, 6.45) is 0. The Balaban J connectivity index is 2.03. The third-order valence-corrected chi connectivity index (χ3v) is 4.66. The van der Waals surface area contributed by atoms with E-state index in [0.29, 0.717) is 27.2 Å². The number of rotatable bonds is 6. The summed E-state index contributed by atoms with van der Waals surface area (Å²) in [5.74, 6) is 1.20. The Morgan fingerprint density at radius 1 is 1.13 bits per heavy atom. The quantitative estimate of drug-likeness (QED) is 0.744. The number of nitrogens with one attached hydrogen (secondary N) is 1. The maximum Gasteiger partial charge on any atom is 0.234 e. The van der Waals surface area contributed by atoms with Crippen LogP contribution in [-0.2, 0) is 4.79 Å². The number of carbonyl (C=O) groups is 1. The molecule has 0 aliphatic carbocycles. The molecule has 0 spiro atoms. The number of halogens is 2. The molecule has 2 aromatic carbocycles. The molecule has 0 radical (unpaired) electrons. The minimum atomic E-state index is -0.183. The zero-order valence-electron chi connectivity index (χ0n) is 12.6. The fourth-order valence-electron chi connectivity index (χ4n) is 1.83. The van der Waals surface area contributed by atoms with Crippen molar-refractivity contribution in [1.29, 1.82) is 0 Å². The number of carbonyl (C=O) groups excluding carboxylic acids is 1. The number of amides is 1. The first kappa shape index (κ1) is 17.8. The lowest BCUT2D eigenvalue weighted by Crippen LogP contribution is -2.14. The SMILES string of the molecule is COc1ccc(OC)c(NC(=O)CSc2cc(Cl)ccc2Cl)c1. The van der Waals surface area contributed by atoms with Gasteiger partial charge in [-0.1, -0.05) is 23.2 Å². The Kier molecular flexibility index (Phi) is 6.45. The lowest BCUT2D eigenvalue weighted by atomic mass is 10.2. The van der Waals surface area contributed by atoms with Crippen molar-refractivity contribution in [2.45, 2.75) is 4.90 Å². The fourth-order valence-corrected chi connectivity index (χ4v) is 3.12. The van der Waals surface area contributed by atoms with Gasteiger partial charge in [-0.15, -0.1) is 11.8 Å². The van der Waals surface area contributed by atoms with E-state index in [0.717, 1.165) is 4.90 Å². The van der Waals surface area contributed by atoms with Gasteiger partial charge in [-0.2, -0.15) is 0 Å². The summed E-state index contributed by atoms with van der Waals surface area (Å²) in [4.78, 5) is 12.9. The van der Waals surface area contributed by atoms with Gasteiger partial charge in [0.25, 0.3) is 0 Å². The number of hydrogen-bond acceptors (Lipinski definition) is 4. The van der Waals surface area contributed by atoms with E-state index in [4.69, 9.17) is 32.7 Å². The van der Waals surface area contributed by atoms with E-state index in [-0.39, 0.29) is 11.7 Å². The summed E-state index contributed by atoms with van der Waals surface area (Å²) in [6, 6.07) is 10.3. The van der Waals surface area contributed by atoms with E-state index in [1.165, 1.54) is 18.9 Å². The van der Waals surface area contributed by atoms with Crippen molar-refractivity contribution < 1.29 is 14.3 Å². The van der Waals surface area contributed by atoms with Crippen LogP contribution in [0, 0.1) is 0 Å². The average molecular weight is 372 g/mol. The van der Waals surface area contributed by atoms with Gasteiger partial charge in [0.1, 0.15) is 11.5 Å². The second-order valence-corrected chi connectivity index (χ2v) is 6.34. The minimum absolute atomic E-state index is 0.183. The highest BCUT2D eigenvalue weighted by molar-refractivity contribution is 8.00. The number of ether oxygens (including phenoxy) is 2. The largest absolute Gasteiger partial charge is 0.497 e. The summed E-state index contributed by atoms with van der Waals surface area (Å²) < 4.78 is 10.4. The highest BCUT2D eigenvalue weighted by Gasteiger charge is 2.11. The molecule has 23 heavy (non-hydrogen) atoms. The van der Waals surface area contributed by atoms with Crippen LogP contribution in [-0.4, -0.2) is 25.9 Å². The van der Waals surface area contributed by atoms with Crippen LogP contribution in [0.25, 0.3) is 0 Å². The van der Waals surface area contributed by atoms with Crippen LogP contribution in [0.1, 0.15) is 0 Å². The van der Waals surface area contributed by atoms with Gasteiger partial charge in [0, 0.05) is 16.0 Å². The van der Waals surface area contributed by atoms with E-state index in [1.807, 2.05) is 0 Å². The standard InChI is InChI=1S/C16H15Cl2NO3S/c1-21-11-4-6-14(22-2)13(8-11)19-16(20)9-23-15-7-10(17)3-5-12(15)18/h3-8H,9H2,1-2H3,(H,19,20). The molecule has 7 heteroatoms. The van der Waals surface area contributed by atoms with Gasteiger partial charge in [-0.25, -0.2) is 0 Å². The molecule has 1 N–H and O–H groups in total. The van der Waals surface area contributed by atoms with E-state index in [9.17, 15) is 4.79 Å². The molecule has 0 saturated carbocycles. The fraction of sp³-hybridized carbons (Fsp3) is 0.188. The molecule has 2 aromatic rings. The third kappa shape index (κ3) is 4.96. The van der Waals surface area contributed by atoms with Gasteiger partial charge < -0.3 is 14.8 Å². The molecule has 0 saturated heterocycles. The van der Waals surface area contributed by atoms with E-state index >= 15 is 0 Å². The molecule has 122 valence electrons. The monoisotopic (exact) mass is 371 g/mol. The molecular weight excluding hydrogens is 357 g/mol. The van der Waals surface area contributed by atoms with Crippen molar-refractivity contribution in [3.63, 3.8) is 0 Å². The Morgan fingerprint density at radius 3 is 2.61 bits per heavy atom. The zero-order chi connectivity index (χ0) is 16.8. The molecule has 0 aliphatic rings. The van der Waals surface area contributed by atoms with E-state index < -0.39 is 0 Å². The van der Waals surface area contributed by atoms with Crippen molar-refractivity contribution in [2.24, 2.45) is 0 Å². The van der Waals surface area contributed by atoms with Crippen molar-refractivity contribution >= 4 is 46.6 Å². The van der Waals surface area contributed by atoms with Crippen LogP contribution in [0.5, 0.6) is 11.5 Å². The highest BCUT2D eigenvalue weighted by Crippen LogP contribution is 2.31. The Labute approximate surface area is 149 Å². The molecule has 0 atom stereocenters. The zero-order valence-corrected chi connectivity index (χ0v) is 14.9. The number of methoxy groups -OCH3 is 2. The molecule has 2 rings (SSSR count). The molecule has 0 aliphatic heterocycles. The van der Waals surface area contributed by atoms with Gasteiger partial charge in [-0.3, -0.25) is 4.79 Å². The van der Waals surface area contributed by atoms with Crippen LogP contribution >= 0.6 is 35.0 Å². The Bertz CT molecular complexity index is 710. The number of anilines is 1. The summed E-state index contributed by atoms with van der Waals surface area (Å²) in [5, 5.41) is 3.94. The number of thioether (sulfide) groups is 1. The smallest absolute Gasteiger partial charge is 0.234 e. The minimum Gasteiger partial charge on any atom is -0.497 e.